The third kappa shape index (κ3) is 2.77. The number of carbonyl (C=O) groups excluding carboxylic acids is 1. The number of piperazine rings is 1. The highest BCUT2D eigenvalue weighted by Crippen LogP contribution is 2.18. The molecule has 1 amide bonds. The van der Waals surface area contributed by atoms with Gasteiger partial charge in [-0.15, -0.1) is 0 Å². The predicted octanol–water partition coefficient (Wildman–Crippen LogP) is 1.99. The lowest BCUT2D eigenvalue weighted by molar-refractivity contribution is 0.0740. The van der Waals surface area contributed by atoms with Gasteiger partial charge in [-0.25, -0.2) is 0 Å². The summed E-state index contributed by atoms with van der Waals surface area (Å²) in [5.41, 5.74) is 4.01. The van der Waals surface area contributed by atoms with Crippen LogP contribution in [0.15, 0.2) is 30.5 Å². The van der Waals surface area contributed by atoms with Gasteiger partial charge in [-0.3, -0.25) is 9.89 Å². The number of aryl methyl sites for hydroxylation is 2. The van der Waals surface area contributed by atoms with Gasteiger partial charge in [-0.05, 0) is 37.1 Å². The number of H-pyrrole nitrogens is 1. The average molecular weight is 284 g/mol. The smallest absolute Gasteiger partial charge is 0.272 e. The molecule has 0 aliphatic carbocycles. The zero-order valence-electron chi connectivity index (χ0n) is 12.5. The van der Waals surface area contributed by atoms with Gasteiger partial charge in [0.1, 0.15) is 5.69 Å². The Hall–Kier alpha value is -2.30. The number of hydrogen-bond donors (Lipinski definition) is 1. The van der Waals surface area contributed by atoms with Gasteiger partial charge in [0, 0.05) is 31.9 Å². The minimum absolute atomic E-state index is 0.0499. The number of nitrogens with one attached hydrogen (secondary N) is 1. The molecule has 1 aromatic heterocycles. The van der Waals surface area contributed by atoms with Gasteiger partial charge in [0.05, 0.1) is 6.20 Å². The molecule has 1 aromatic carbocycles. The monoisotopic (exact) mass is 284 g/mol. The predicted molar refractivity (Wildman–Crippen MR) is 82.6 cm³/mol. The molecule has 1 saturated heterocycles. The van der Waals surface area contributed by atoms with Crippen molar-refractivity contribution in [3.63, 3.8) is 0 Å². The fourth-order valence-electron chi connectivity index (χ4n) is 2.71. The van der Waals surface area contributed by atoms with Gasteiger partial charge >= 0.3 is 0 Å². The fraction of sp³-hybridized carbons (Fsp3) is 0.375. The molecular formula is C16H20N4O. The summed E-state index contributed by atoms with van der Waals surface area (Å²) in [6, 6.07) is 8.50. The molecule has 0 bridgehead atoms. The van der Waals surface area contributed by atoms with Crippen molar-refractivity contribution in [2.24, 2.45) is 0 Å². The minimum Gasteiger partial charge on any atom is -0.368 e. The van der Waals surface area contributed by atoms with E-state index in [2.05, 4.69) is 46.3 Å². The molecule has 1 aliphatic heterocycles. The molecule has 110 valence electrons. The van der Waals surface area contributed by atoms with E-state index in [0.29, 0.717) is 5.69 Å². The molecule has 1 fully saturated rings. The molecule has 2 aromatic rings. The first-order valence-electron chi connectivity index (χ1n) is 7.26. The van der Waals surface area contributed by atoms with E-state index < -0.39 is 0 Å². The van der Waals surface area contributed by atoms with Crippen molar-refractivity contribution in [1.29, 1.82) is 0 Å². The van der Waals surface area contributed by atoms with E-state index in [4.69, 9.17) is 0 Å². The van der Waals surface area contributed by atoms with Crippen molar-refractivity contribution < 1.29 is 4.79 Å². The zero-order valence-corrected chi connectivity index (χ0v) is 12.5. The van der Waals surface area contributed by atoms with E-state index >= 15 is 0 Å². The highest BCUT2D eigenvalue weighted by molar-refractivity contribution is 5.93. The van der Waals surface area contributed by atoms with E-state index in [9.17, 15) is 4.79 Å². The lowest BCUT2D eigenvalue weighted by Crippen LogP contribution is -2.49. The second-order valence-corrected chi connectivity index (χ2v) is 5.55. The van der Waals surface area contributed by atoms with Crippen LogP contribution in [0.25, 0.3) is 0 Å². The maximum Gasteiger partial charge on any atom is 0.272 e. The number of rotatable bonds is 2. The molecule has 0 atom stereocenters. The van der Waals surface area contributed by atoms with E-state index in [1.807, 2.05) is 11.8 Å². The summed E-state index contributed by atoms with van der Waals surface area (Å²) in [5.74, 6) is 0.0499. The number of benzene rings is 1. The highest BCUT2D eigenvalue weighted by Gasteiger charge is 2.24. The van der Waals surface area contributed by atoms with Crippen LogP contribution < -0.4 is 4.90 Å². The summed E-state index contributed by atoms with van der Waals surface area (Å²) in [5, 5.41) is 6.72. The lowest BCUT2D eigenvalue weighted by atomic mass is 10.2. The Bertz CT molecular complexity index is 641. The van der Waals surface area contributed by atoms with Crippen molar-refractivity contribution in [3.8, 4) is 0 Å². The molecule has 3 rings (SSSR count). The number of amides is 1. The van der Waals surface area contributed by atoms with Crippen LogP contribution >= 0.6 is 0 Å². The lowest BCUT2D eigenvalue weighted by Gasteiger charge is -2.36. The Balaban J connectivity index is 1.65. The van der Waals surface area contributed by atoms with Gasteiger partial charge in [-0.1, -0.05) is 12.1 Å². The van der Waals surface area contributed by atoms with Crippen LogP contribution in [0.4, 0.5) is 5.69 Å². The molecule has 1 N–H and O–H groups in total. The van der Waals surface area contributed by atoms with Crippen LogP contribution in [-0.4, -0.2) is 47.2 Å². The van der Waals surface area contributed by atoms with Crippen molar-refractivity contribution >= 4 is 11.6 Å². The van der Waals surface area contributed by atoms with Crippen molar-refractivity contribution in [3.05, 3.63) is 47.3 Å². The first-order valence-corrected chi connectivity index (χ1v) is 7.26. The van der Waals surface area contributed by atoms with Crippen molar-refractivity contribution in [2.75, 3.05) is 31.1 Å². The summed E-state index contributed by atoms with van der Waals surface area (Å²) < 4.78 is 0. The maximum atomic E-state index is 12.4. The molecule has 5 heteroatoms. The molecule has 5 nitrogen and oxygen atoms in total. The third-order valence-electron chi connectivity index (χ3n) is 3.98. The van der Waals surface area contributed by atoms with Crippen molar-refractivity contribution in [2.45, 2.75) is 13.8 Å². The van der Waals surface area contributed by atoms with E-state index in [-0.39, 0.29) is 5.91 Å². The third-order valence-corrected chi connectivity index (χ3v) is 3.98. The first-order chi connectivity index (χ1) is 10.1. The maximum absolute atomic E-state index is 12.4. The van der Waals surface area contributed by atoms with Crippen molar-refractivity contribution in [1.82, 2.24) is 15.1 Å². The Morgan fingerprint density at radius 3 is 2.57 bits per heavy atom. The second kappa shape index (κ2) is 5.60. The topological polar surface area (TPSA) is 52.2 Å². The van der Waals surface area contributed by atoms with Gasteiger partial charge in [0.2, 0.25) is 0 Å². The first kappa shape index (κ1) is 13.7. The second-order valence-electron chi connectivity index (χ2n) is 5.55. The highest BCUT2D eigenvalue weighted by atomic mass is 16.2. The Labute approximate surface area is 124 Å². The van der Waals surface area contributed by atoms with Crippen LogP contribution in [0, 0.1) is 13.8 Å². The number of aromatic nitrogens is 2. The molecular weight excluding hydrogens is 264 g/mol. The molecule has 1 aliphatic rings. The zero-order chi connectivity index (χ0) is 14.8. The number of carbonyl (C=O) groups is 1. The molecule has 0 radical (unpaired) electrons. The summed E-state index contributed by atoms with van der Waals surface area (Å²) in [4.78, 5) is 16.6. The molecule has 21 heavy (non-hydrogen) atoms. The molecule has 2 heterocycles. The van der Waals surface area contributed by atoms with Crippen LogP contribution in [0.1, 0.15) is 21.6 Å². The van der Waals surface area contributed by atoms with Crippen LogP contribution in [-0.2, 0) is 0 Å². The van der Waals surface area contributed by atoms with E-state index in [1.165, 1.54) is 11.3 Å². The average Bonchev–Trinajstić information content (AvgIpc) is 2.93. The standard InChI is InChI=1S/C16H20N4O/c1-12-4-3-5-14(10-12)19-6-8-20(9-7-19)16(21)15-13(2)11-17-18-15/h3-5,10-11H,6-9H2,1-2H3,(H,17,18). The van der Waals surface area contributed by atoms with E-state index in [1.54, 1.807) is 6.20 Å². The largest absolute Gasteiger partial charge is 0.368 e. The van der Waals surface area contributed by atoms with Crippen LogP contribution in [0.3, 0.4) is 0 Å². The molecule has 0 spiro atoms. The van der Waals surface area contributed by atoms with Crippen LogP contribution in [0.2, 0.25) is 0 Å². The number of nitrogens with zero attached hydrogens (tertiary/aromatic N) is 3. The fourth-order valence-corrected chi connectivity index (χ4v) is 2.71. The summed E-state index contributed by atoms with van der Waals surface area (Å²) >= 11 is 0. The SMILES string of the molecule is Cc1cccc(N2CCN(C(=O)c3[nH]ncc3C)CC2)c1. The molecule has 0 unspecified atom stereocenters. The quantitative estimate of drug-likeness (QED) is 0.917. The summed E-state index contributed by atoms with van der Waals surface area (Å²) in [6.07, 6.45) is 1.69. The molecule has 0 saturated carbocycles. The minimum atomic E-state index is 0.0499. The van der Waals surface area contributed by atoms with Gasteiger partial charge in [0.15, 0.2) is 0 Å². The Morgan fingerprint density at radius 2 is 1.95 bits per heavy atom. The summed E-state index contributed by atoms with van der Waals surface area (Å²) in [7, 11) is 0. The number of aromatic amines is 1. The Morgan fingerprint density at radius 1 is 1.19 bits per heavy atom. The summed E-state index contributed by atoms with van der Waals surface area (Å²) in [6.45, 7) is 7.21. The van der Waals surface area contributed by atoms with Gasteiger partial charge in [0.25, 0.3) is 5.91 Å². The van der Waals surface area contributed by atoms with Gasteiger partial charge < -0.3 is 9.80 Å². The van der Waals surface area contributed by atoms with Crippen LogP contribution in [0.5, 0.6) is 0 Å². The van der Waals surface area contributed by atoms with E-state index in [0.717, 1.165) is 31.7 Å². The number of anilines is 1. The normalized spacial score (nSPS) is 15.3. The van der Waals surface area contributed by atoms with Gasteiger partial charge in [-0.2, -0.15) is 5.10 Å². The Kier molecular flexibility index (Phi) is 3.64. The number of hydrogen-bond acceptors (Lipinski definition) is 3.